The molecule has 1 aromatic carbocycles. The van der Waals surface area contributed by atoms with E-state index in [1.807, 2.05) is 32.0 Å². The van der Waals surface area contributed by atoms with Crippen molar-refractivity contribution >= 4 is 5.97 Å². The summed E-state index contributed by atoms with van der Waals surface area (Å²) in [5.74, 6) is 0.641. The molecule has 1 rings (SSSR count). The molecule has 0 heterocycles. The van der Waals surface area contributed by atoms with Crippen LogP contribution in [-0.2, 0) is 22.4 Å². The van der Waals surface area contributed by atoms with Crippen LogP contribution >= 0.6 is 0 Å². The summed E-state index contributed by atoms with van der Waals surface area (Å²) in [6.45, 7) is 6.05. The summed E-state index contributed by atoms with van der Waals surface area (Å²) in [5, 5.41) is 0. The minimum Gasteiger partial charge on any atom is -0.491 e. The second-order valence-corrected chi connectivity index (χ2v) is 4.20. The van der Waals surface area contributed by atoms with Crippen LogP contribution in [0.3, 0.4) is 0 Å². The SMILES string of the molecule is CCc1cc(OC(C)C)ccc1CC(=O)OC. The first-order valence-corrected chi connectivity index (χ1v) is 5.92. The summed E-state index contributed by atoms with van der Waals surface area (Å²) in [7, 11) is 1.41. The molecular weight excluding hydrogens is 216 g/mol. The molecule has 0 N–H and O–H groups in total. The zero-order chi connectivity index (χ0) is 12.8. The molecule has 0 saturated heterocycles. The van der Waals surface area contributed by atoms with Crippen molar-refractivity contribution in [2.45, 2.75) is 39.7 Å². The van der Waals surface area contributed by atoms with E-state index >= 15 is 0 Å². The van der Waals surface area contributed by atoms with Crippen LogP contribution in [0.15, 0.2) is 18.2 Å². The Hall–Kier alpha value is -1.51. The quantitative estimate of drug-likeness (QED) is 0.737. The maximum absolute atomic E-state index is 11.3. The van der Waals surface area contributed by atoms with Gasteiger partial charge in [0, 0.05) is 0 Å². The lowest BCUT2D eigenvalue weighted by molar-refractivity contribution is -0.139. The number of aryl methyl sites for hydroxylation is 1. The van der Waals surface area contributed by atoms with E-state index in [2.05, 4.69) is 11.7 Å². The molecule has 0 amide bonds. The van der Waals surface area contributed by atoms with Crippen molar-refractivity contribution in [3.05, 3.63) is 29.3 Å². The van der Waals surface area contributed by atoms with E-state index in [0.29, 0.717) is 6.42 Å². The average molecular weight is 236 g/mol. The highest BCUT2D eigenvalue weighted by Crippen LogP contribution is 2.20. The second-order valence-electron chi connectivity index (χ2n) is 4.20. The van der Waals surface area contributed by atoms with Gasteiger partial charge < -0.3 is 9.47 Å². The van der Waals surface area contributed by atoms with Gasteiger partial charge in [0.25, 0.3) is 0 Å². The van der Waals surface area contributed by atoms with Crippen molar-refractivity contribution in [2.75, 3.05) is 7.11 Å². The van der Waals surface area contributed by atoms with Gasteiger partial charge in [0.2, 0.25) is 0 Å². The Morgan fingerprint density at radius 3 is 2.53 bits per heavy atom. The molecule has 0 saturated carbocycles. The van der Waals surface area contributed by atoms with Crippen LogP contribution in [0.4, 0.5) is 0 Å². The third-order valence-corrected chi connectivity index (χ3v) is 2.49. The minimum absolute atomic E-state index is 0.158. The molecule has 0 radical (unpaired) electrons. The highest BCUT2D eigenvalue weighted by molar-refractivity contribution is 5.73. The molecule has 3 heteroatoms. The highest BCUT2D eigenvalue weighted by atomic mass is 16.5. The van der Waals surface area contributed by atoms with E-state index in [4.69, 9.17) is 4.74 Å². The Morgan fingerprint density at radius 2 is 2.00 bits per heavy atom. The van der Waals surface area contributed by atoms with Crippen LogP contribution < -0.4 is 4.74 Å². The van der Waals surface area contributed by atoms with Gasteiger partial charge in [-0.1, -0.05) is 13.0 Å². The normalized spacial score (nSPS) is 10.4. The van der Waals surface area contributed by atoms with Crippen LogP contribution in [0.25, 0.3) is 0 Å². The van der Waals surface area contributed by atoms with Gasteiger partial charge in [-0.2, -0.15) is 0 Å². The number of ether oxygens (including phenoxy) is 2. The number of benzene rings is 1. The van der Waals surface area contributed by atoms with Crippen LogP contribution in [-0.4, -0.2) is 19.2 Å². The van der Waals surface area contributed by atoms with Crippen molar-refractivity contribution in [3.63, 3.8) is 0 Å². The summed E-state index contributed by atoms with van der Waals surface area (Å²) in [6, 6.07) is 5.84. The molecule has 0 bridgehead atoms. The van der Waals surface area contributed by atoms with E-state index in [9.17, 15) is 4.79 Å². The Kier molecular flexibility index (Phi) is 5.01. The maximum Gasteiger partial charge on any atom is 0.309 e. The van der Waals surface area contributed by atoms with E-state index in [0.717, 1.165) is 23.3 Å². The molecule has 0 fully saturated rings. The van der Waals surface area contributed by atoms with E-state index in [1.165, 1.54) is 7.11 Å². The molecule has 0 aliphatic carbocycles. The number of rotatable bonds is 5. The molecule has 17 heavy (non-hydrogen) atoms. The summed E-state index contributed by atoms with van der Waals surface area (Å²) >= 11 is 0. The van der Waals surface area contributed by atoms with E-state index in [1.54, 1.807) is 0 Å². The number of methoxy groups -OCH3 is 1. The molecule has 0 aromatic heterocycles. The van der Waals surface area contributed by atoms with Crippen molar-refractivity contribution in [1.29, 1.82) is 0 Å². The molecule has 1 aromatic rings. The van der Waals surface area contributed by atoms with E-state index in [-0.39, 0.29) is 12.1 Å². The highest BCUT2D eigenvalue weighted by Gasteiger charge is 2.09. The monoisotopic (exact) mass is 236 g/mol. The largest absolute Gasteiger partial charge is 0.491 e. The predicted octanol–water partition coefficient (Wildman–Crippen LogP) is 2.75. The fourth-order valence-electron chi connectivity index (χ4n) is 1.68. The van der Waals surface area contributed by atoms with Crippen molar-refractivity contribution < 1.29 is 14.3 Å². The van der Waals surface area contributed by atoms with Gasteiger partial charge in [0.15, 0.2) is 0 Å². The second kappa shape index (κ2) is 6.28. The Labute approximate surface area is 103 Å². The molecule has 0 spiro atoms. The third-order valence-electron chi connectivity index (χ3n) is 2.49. The van der Waals surface area contributed by atoms with Crippen LogP contribution in [0.1, 0.15) is 31.9 Å². The summed E-state index contributed by atoms with van der Waals surface area (Å²) in [6.07, 6.45) is 1.36. The molecule has 0 atom stereocenters. The maximum atomic E-state index is 11.3. The van der Waals surface area contributed by atoms with Gasteiger partial charge in [-0.05, 0) is 43.5 Å². The number of esters is 1. The topological polar surface area (TPSA) is 35.5 Å². The van der Waals surface area contributed by atoms with Gasteiger partial charge >= 0.3 is 5.97 Å². The predicted molar refractivity (Wildman–Crippen MR) is 67.3 cm³/mol. The number of hydrogen-bond donors (Lipinski definition) is 0. The first kappa shape index (κ1) is 13.6. The van der Waals surface area contributed by atoms with Crippen molar-refractivity contribution in [2.24, 2.45) is 0 Å². The number of carbonyl (C=O) groups is 1. The first-order chi connectivity index (χ1) is 8.06. The minimum atomic E-state index is -0.211. The Morgan fingerprint density at radius 1 is 1.29 bits per heavy atom. The fraction of sp³-hybridized carbons (Fsp3) is 0.500. The molecular formula is C14H20O3. The zero-order valence-corrected chi connectivity index (χ0v) is 10.9. The van der Waals surface area contributed by atoms with Gasteiger partial charge in [0.1, 0.15) is 5.75 Å². The fourth-order valence-corrected chi connectivity index (χ4v) is 1.68. The Balaban J connectivity index is 2.89. The zero-order valence-electron chi connectivity index (χ0n) is 10.9. The van der Waals surface area contributed by atoms with Gasteiger partial charge in [-0.15, -0.1) is 0 Å². The molecule has 0 aliphatic heterocycles. The Bertz CT molecular complexity index is 383. The molecule has 94 valence electrons. The smallest absolute Gasteiger partial charge is 0.309 e. The van der Waals surface area contributed by atoms with Gasteiger partial charge in [-0.3, -0.25) is 4.79 Å². The van der Waals surface area contributed by atoms with Gasteiger partial charge in [0.05, 0.1) is 19.6 Å². The first-order valence-electron chi connectivity index (χ1n) is 5.92. The lowest BCUT2D eigenvalue weighted by atomic mass is 10.0. The van der Waals surface area contributed by atoms with Gasteiger partial charge in [-0.25, -0.2) is 0 Å². The van der Waals surface area contributed by atoms with E-state index < -0.39 is 0 Å². The molecule has 3 nitrogen and oxygen atoms in total. The summed E-state index contributed by atoms with van der Waals surface area (Å²) in [4.78, 5) is 11.3. The molecule has 0 aliphatic rings. The summed E-state index contributed by atoms with van der Waals surface area (Å²) in [5.41, 5.74) is 2.14. The molecule has 0 unspecified atom stereocenters. The average Bonchev–Trinajstić information content (AvgIpc) is 2.30. The van der Waals surface area contributed by atoms with Crippen LogP contribution in [0, 0.1) is 0 Å². The standard InChI is InChI=1S/C14H20O3/c1-5-11-8-13(17-10(2)3)7-6-12(11)9-14(15)16-4/h6-8,10H,5,9H2,1-4H3. The number of carbonyl (C=O) groups excluding carboxylic acids is 1. The van der Waals surface area contributed by atoms with Crippen LogP contribution in [0.2, 0.25) is 0 Å². The number of hydrogen-bond acceptors (Lipinski definition) is 3. The third kappa shape index (κ3) is 4.10. The lowest BCUT2D eigenvalue weighted by Crippen LogP contribution is -2.09. The van der Waals surface area contributed by atoms with Crippen molar-refractivity contribution in [1.82, 2.24) is 0 Å². The summed E-state index contributed by atoms with van der Waals surface area (Å²) < 4.78 is 10.3. The lowest BCUT2D eigenvalue weighted by Gasteiger charge is -2.13. The van der Waals surface area contributed by atoms with Crippen molar-refractivity contribution in [3.8, 4) is 5.75 Å². The van der Waals surface area contributed by atoms with Crippen LogP contribution in [0.5, 0.6) is 5.75 Å².